The molecule has 0 radical (unpaired) electrons. The third-order valence-electron chi connectivity index (χ3n) is 2.81. The lowest BCUT2D eigenvalue weighted by molar-refractivity contribution is 0.815. The molecular formula is C17H19NS. The van der Waals surface area contributed by atoms with Gasteiger partial charge in [-0.05, 0) is 23.3 Å². The summed E-state index contributed by atoms with van der Waals surface area (Å²) < 4.78 is 0. The van der Waals surface area contributed by atoms with E-state index < -0.39 is 0 Å². The normalized spacial score (nSPS) is 10.3. The molecule has 0 aliphatic heterocycles. The van der Waals surface area contributed by atoms with Gasteiger partial charge < -0.3 is 5.32 Å². The Morgan fingerprint density at radius 2 is 1.58 bits per heavy atom. The van der Waals surface area contributed by atoms with Gasteiger partial charge in [0.05, 0.1) is 0 Å². The maximum atomic E-state index is 4.11. The van der Waals surface area contributed by atoms with E-state index in [0.717, 1.165) is 24.4 Å². The zero-order valence-electron chi connectivity index (χ0n) is 11.0. The zero-order valence-corrected chi connectivity index (χ0v) is 11.8. The van der Waals surface area contributed by atoms with Gasteiger partial charge in [0.2, 0.25) is 0 Å². The summed E-state index contributed by atoms with van der Waals surface area (Å²) >= 11 is 1.88. The second-order valence-electron chi connectivity index (χ2n) is 4.31. The smallest absolute Gasteiger partial charge is 0.0205 e. The molecule has 19 heavy (non-hydrogen) atoms. The first-order valence-corrected chi connectivity index (χ1v) is 7.46. The third-order valence-corrected chi connectivity index (χ3v) is 3.82. The Balaban J connectivity index is 1.63. The average Bonchev–Trinajstić information content (AvgIpc) is 2.49. The van der Waals surface area contributed by atoms with Crippen molar-refractivity contribution >= 4 is 17.3 Å². The molecule has 0 aromatic heterocycles. The highest BCUT2D eigenvalue weighted by Crippen LogP contribution is 2.16. The lowest BCUT2D eigenvalue weighted by Crippen LogP contribution is -2.19. The largest absolute Gasteiger partial charge is 0.312 e. The number of nitrogens with one attached hydrogen (secondary N) is 1. The van der Waals surface area contributed by atoms with Crippen LogP contribution in [0.15, 0.2) is 72.1 Å². The molecule has 1 N–H and O–H groups in total. The Morgan fingerprint density at radius 1 is 0.947 bits per heavy atom. The highest BCUT2D eigenvalue weighted by molar-refractivity contribution is 7.99. The summed E-state index contributed by atoms with van der Waals surface area (Å²) in [7, 11) is 0. The summed E-state index contributed by atoms with van der Waals surface area (Å²) in [6.07, 6.45) is 0. The van der Waals surface area contributed by atoms with Crippen LogP contribution in [0.4, 0.5) is 0 Å². The van der Waals surface area contributed by atoms with Crippen molar-refractivity contribution < 1.29 is 0 Å². The Morgan fingerprint density at radius 3 is 2.26 bits per heavy atom. The number of hydrogen-bond acceptors (Lipinski definition) is 2. The summed E-state index contributed by atoms with van der Waals surface area (Å²) in [6, 6.07) is 20.8. The highest BCUT2D eigenvalue weighted by atomic mass is 32.2. The summed E-state index contributed by atoms with van der Waals surface area (Å²) in [5.41, 5.74) is 2.36. The maximum absolute atomic E-state index is 4.11. The Kier molecular flexibility index (Phi) is 5.73. The monoisotopic (exact) mass is 269 g/mol. The van der Waals surface area contributed by atoms with Crippen LogP contribution in [0.3, 0.4) is 0 Å². The molecule has 2 aromatic carbocycles. The van der Waals surface area contributed by atoms with Crippen LogP contribution in [0.25, 0.3) is 5.57 Å². The quantitative estimate of drug-likeness (QED) is 0.600. The lowest BCUT2D eigenvalue weighted by Gasteiger charge is -2.08. The SMILES string of the molecule is C=C(CNCCSc1ccccc1)c1ccccc1. The number of thioether (sulfide) groups is 1. The standard InChI is InChI=1S/C17H19NS/c1-15(16-8-4-2-5-9-16)14-18-12-13-19-17-10-6-3-7-11-17/h2-11,18H,1,12-14H2. The van der Waals surface area contributed by atoms with Crippen LogP contribution in [0.1, 0.15) is 5.56 Å². The van der Waals surface area contributed by atoms with Crippen LogP contribution in [0, 0.1) is 0 Å². The van der Waals surface area contributed by atoms with Gasteiger partial charge in [-0.3, -0.25) is 0 Å². The average molecular weight is 269 g/mol. The molecule has 0 unspecified atom stereocenters. The molecule has 2 rings (SSSR count). The van der Waals surface area contributed by atoms with Gasteiger partial charge in [-0.2, -0.15) is 0 Å². The fraction of sp³-hybridized carbons (Fsp3) is 0.176. The van der Waals surface area contributed by atoms with Gasteiger partial charge in [0, 0.05) is 23.7 Å². The van der Waals surface area contributed by atoms with Crippen LogP contribution >= 0.6 is 11.8 Å². The predicted molar refractivity (Wildman–Crippen MR) is 85.5 cm³/mol. The van der Waals surface area contributed by atoms with Crippen LogP contribution in [-0.2, 0) is 0 Å². The number of benzene rings is 2. The minimum atomic E-state index is 0.847. The van der Waals surface area contributed by atoms with Crippen molar-refractivity contribution in [3.8, 4) is 0 Å². The van der Waals surface area contributed by atoms with Crippen molar-refractivity contribution in [3.05, 3.63) is 72.8 Å². The predicted octanol–water partition coefficient (Wildman–Crippen LogP) is 4.08. The van der Waals surface area contributed by atoms with Crippen LogP contribution in [0.2, 0.25) is 0 Å². The highest BCUT2D eigenvalue weighted by Gasteiger charge is 1.97. The first-order valence-electron chi connectivity index (χ1n) is 6.48. The minimum Gasteiger partial charge on any atom is -0.312 e. The topological polar surface area (TPSA) is 12.0 Å². The van der Waals surface area contributed by atoms with E-state index in [1.807, 2.05) is 36.0 Å². The third kappa shape index (κ3) is 4.93. The van der Waals surface area contributed by atoms with Gasteiger partial charge in [-0.25, -0.2) is 0 Å². The van der Waals surface area contributed by atoms with Gasteiger partial charge in [0.1, 0.15) is 0 Å². The van der Waals surface area contributed by atoms with Crippen molar-refractivity contribution in [2.45, 2.75) is 4.90 Å². The molecule has 0 bridgehead atoms. The summed E-state index contributed by atoms with van der Waals surface area (Å²) in [6.45, 7) is 5.95. The van der Waals surface area contributed by atoms with E-state index in [-0.39, 0.29) is 0 Å². The molecule has 0 amide bonds. The minimum absolute atomic E-state index is 0.847. The van der Waals surface area contributed by atoms with E-state index in [2.05, 4.69) is 48.3 Å². The summed E-state index contributed by atoms with van der Waals surface area (Å²) in [4.78, 5) is 1.33. The van der Waals surface area contributed by atoms with E-state index in [4.69, 9.17) is 0 Å². The molecule has 1 nitrogen and oxygen atoms in total. The molecule has 0 spiro atoms. The molecule has 0 aliphatic carbocycles. The van der Waals surface area contributed by atoms with Crippen molar-refractivity contribution in [1.29, 1.82) is 0 Å². The number of rotatable bonds is 7. The van der Waals surface area contributed by atoms with Crippen LogP contribution in [0.5, 0.6) is 0 Å². The van der Waals surface area contributed by atoms with E-state index in [1.165, 1.54) is 10.5 Å². The molecule has 2 heteroatoms. The van der Waals surface area contributed by atoms with Crippen molar-refractivity contribution in [2.75, 3.05) is 18.8 Å². The molecule has 0 atom stereocenters. The van der Waals surface area contributed by atoms with Gasteiger partial charge in [0.15, 0.2) is 0 Å². The van der Waals surface area contributed by atoms with Crippen LogP contribution in [-0.4, -0.2) is 18.8 Å². The summed E-state index contributed by atoms with van der Waals surface area (Å²) in [5, 5.41) is 3.43. The Hall–Kier alpha value is -1.51. The molecule has 0 aliphatic rings. The first kappa shape index (κ1) is 13.9. The summed E-state index contributed by atoms with van der Waals surface area (Å²) in [5.74, 6) is 1.08. The molecule has 0 fully saturated rings. The molecule has 2 aromatic rings. The zero-order chi connectivity index (χ0) is 13.3. The second kappa shape index (κ2) is 7.82. The first-order chi connectivity index (χ1) is 9.36. The van der Waals surface area contributed by atoms with E-state index in [1.54, 1.807) is 0 Å². The van der Waals surface area contributed by atoms with Gasteiger partial charge in [0.25, 0.3) is 0 Å². The van der Waals surface area contributed by atoms with Gasteiger partial charge in [-0.1, -0.05) is 55.1 Å². The lowest BCUT2D eigenvalue weighted by atomic mass is 10.1. The molecular weight excluding hydrogens is 250 g/mol. The van der Waals surface area contributed by atoms with Gasteiger partial charge >= 0.3 is 0 Å². The van der Waals surface area contributed by atoms with E-state index >= 15 is 0 Å². The Bertz CT molecular complexity index is 493. The van der Waals surface area contributed by atoms with E-state index in [9.17, 15) is 0 Å². The van der Waals surface area contributed by atoms with Gasteiger partial charge in [-0.15, -0.1) is 11.8 Å². The van der Waals surface area contributed by atoms with Crippen molar-refractivity contribution in [2.24, 2.45) is 0 Å². The fourth-order valence-corrected chi connectivity index (χ4v) is 2.60. The molecule has 98 valence electrons. The number of hydrogen-bond donors (Lipinski definition) is 1. The van der Waals surface area contributed by atoms with E-state index in [0.29, 0.717) is 0 Å². The molecule has 0 saturated carbocycles. The maximum Gasteiger partial charge on any atom is 0.0205 e. The second-order valence-corrected chi connectivity index (χ2v) is 5.48. The Labute approximate surface area is 119 Å². The fourth-order valence-electron chi connectivity index (χ4n) is 1.77. The molecule has 0 saturated heterocycles. The van der Waals surface area contributed by atoms with Crippen molar-refractivity contribution in [1.82, 2.24) is 5.32 Å². The molecule has 0 heterocycles. The van der Waals surface area contributed by atoms with Crippen molar-refractivity contribution in [3.63, 3.8) is 0 Å². The van der Waals surface area contributed by atoms with Crippen LogP contribution < -0.4 is 5.32 Å².